The van der Waals surface area contributed by atoms with E-state index in [0.717, 1.165) is 5.82 Å². The Morgan fingerprint density at radius 2 is 2.00 bits per heavy atom. The SMILES string of the molecule is Cc1c(C(C)C)cnc2c1C(C)C(C)N2. The Morgan fingerprint density at radius 1 is 1.33 bits per heavy atom. The molecule has 0 spiro atoms. The van der Waals surface area contributed by atoms with E-state index in [4.69, 9.17) is 0 Å². The molecule has 2 rings (SSSR count). The Morgan fingerprint density at radius 3 is 2.60 bits per heavy atom. The van der Waals surface area contributed by atoms with Crippen molar-refractivity contribution in [3.8, 4) is 0 Å². The molecule has 1 aliphatic rings. The maximum Gasteiger partial charge on any atom is 0.129 e. The Hall–Kier alpha value is -1.05. The van der Waals surface area contributed by atoms with Crippen LogP contribution in [-0.2, 0) is 0 Å². The van der Waals surface area contributed by atoms with Crippen molar-refractivity contribution in [3.05, 3.63) is 22.9 Å². The second-order valence-electron chi connectivity index (χ2n) is 4.98. The van der Waals surface area contributed by atoms with Crippen LogP contribution in [0.3, 0.4) is 0 Å². The van der Waals surface area contributed by atoms with Gasteiger partial charge in [0.1, 0.15) is 5.82 Å². The predicted molar refractivity (Wildman–Crippen MR) is 64.6 cm³/mol. The van der Waals surface area contributed by atoms with Gasteiger partial charge in [-0.15, -0.1) is 0 Å². The first-order valence-electron chi connectivity index (χ1n) is 5.78. The standard InChI is InChI=1S/C13H20N2/c1-7(2)11-6-14-13-12(9(11)4)8(3)10(5)15-13/h6-8,10H,1-5H3,(H,14,15). The van der Waals surface area contributed by atoms with Crippen LogP contribution >= 0.6 is 0 Å². The zero-order chi connectivity index (χ0) is 11.2. The smallest absolute Gasteiger partial charge is 0.129 e. The van der Waals surface area contributed by atoms with Gasteiger partial charge in [0.15, 0.2) is 0 Å². The summed E-state index contributed by atoms with van der Waals surface area (Å²) in [5, 5.41) is 3.44. The lowest BCUT2D eigenvalue weighted by Gasteiger charge is -2.15. The number of hydrogen-bond donors (Lipinski definition) is 1. The summed E-state index contributed by atoms with van der Waals surface area (Å²) < 4.78 is 0. The number of fused-ring (bicyclic) bond motifs is 1. The number of aromatic nitrogens is 1. The predicted octanol–water partition coefficient (Wildman–Crippen LogP) is 3.43. The Labute approximate surface area is 92.1 Å². The molecule has 0 aromatic carbocycles. The van der Waals surface area contributed by atoms with E-state index in [1.54, 1.807) is 0 Å². The molecule has 2 nitrogen and oxygen atoms in total. The van der Waals surface area contributed by atoms with Gasteiger partial charge in [0.25, 0.3) is 0 Å². The minimum atomic E-state index is 0.508. The molecule has 1 N–H and O–H groups in total. The first-order valence-corrected chi connectivity index (χ1v) is 5.78. The molecule has 1 aromatic heterocycles. The third kappa shape index (κ3) is 1.52. The number of anilines is 1. The van der Waals surface area contributed by atoms with Crippen molar-refractivity contribution in [1.82, 2.24) is 4.98 Å². The van der Waals surface area contributed by atoms with Crippen molar-refractivity contribution in [2.45, 2.75) is 52.5 Å². The van der Waals surface area contributed by atoms with Crippen molar-refractivity contribution in [2.24, 2.45) is 0 Å². The summed E-state index contributed by atoms with van der Waals surface area (Å²) in [7, 11) is 0. The van der Waals surface area contributed by atoms with Gasteiger partial charge < -0.3 is 5.32 Å². The summed E-state index contributed by atoms with van der Waals surface area (Å²) in [5.74, 6) is 2.23. The molecule has 1 aliphatic heterocycles. The highest BCUT2D eigenvalue weighted by Crippen LogP contribution is 2.38. The molecule has 15 heavy (non-hydrogen) atoms. The summed E-state index contributed by atoms with van der Waals surface area (Å²) in [6.45, 7) is 11.2. The molecule has 0 fully saturated rings. The van der Waals surface area contributed by atoms with Crippen molar-refractivity contribution in [3.63, 3.8) is 0 Å². The third-order valence-electron chi connectivity index (χ3n) is 3.62. The monoisotopic (exact) mass is 204 g/mol. The molecule has 0 radical (unpaired) electrons. The van der Waals surface area contributed by atoms with E-state index in [-0.39, 0.29) is 0 Å². The lowest BCUT2D eigenvalue weighted by Crippen LogP contribution is -2.13. The Kier molecular flexibility index (Phi) is 2.45. The van der Waals surface area contributed by atoms with E-state index in [1.165, 1.54) is 16.7 Å². The molecule has 2 heteroatoms. The second-order valence-corrected chi connectivity index (χ2v) is 4.98. The first-order chi connectivity index (χ1) is 7.02. The molecular formula is C13H20N2. The van der Waals surface area contributed by atoms with Gasteiger partial charge in [-0.2, -0.15) is 0 Å². The minimum absolute atomic E-state index is 0.508. The highest BCUT2D eigenvalue weighted by Gasteiger charge is 2.29. The molecular weight excluding hydrogens is 184 g/mol. The maximum absolute atomic E-state index is 4.53. The minimum Gasteiger partial charge on any atom is -0.367 e. The molecule has 0 aliphatic carbocycles. The maximum atomic E-state index is 4.53. The van der Waals surface area contributed by atoms with Gasteiger partial charge in [-0.3, -0.25) is 0 Å². The molecule has 0 saturated carbocycles. The van der Waals surface area contributed by atoms with Crippen LogP contribution in [0.4, 0.5) is 5.82 Å². The van der Waals surface area contributed by atoms with E-state index < -0.39 is 0 Å². The molecule has 2 atom stereocenters. The largest absolute Gasteiger partial charge is 0.367 e. The fourth-order valence-corrected chi connectivity index (χ4v) is 2.48. The van der Waals surface area contributed by atoms with Crippen LogP contribution in [0.2, 0.25) is 0 Å². The van der Waals surface area contributed by atoms with E-state index in [0.29, 0.717) is 17.9 Å². The van der Waals surface area contributed by atoms with Gasteiger partial charge in [-0.1, -0.05) is 20.8 Å². The molecule has 2 unspecified atom stereocenters. The third-order valence-corrected chi connectivity index (χ3v) is 3.62. The summed E-state index contributed by atoms with van der Waals surface area (Å²) in [6.07, 6.45) is 2.02. The lowest BCUT2D eigenvalue weighted by atomic mass is 9.90. The topological polar surface area (TPSA) is 24.9 Å². The number of nitrogens with zero attached hydrogens (tertiary/aromatic N) is 1. The normalized spacial score (nSPS) is 24.1. The average molecular weight is 204 g/mol. The summed E-state index contributed by atoms with van der Waals surface area (Å²) in [4.78, 5) is 4.53. The van der Waals surface area contributed by atoms with Crippen LogP contribution in [0.1, 0.15) is 56.2 Å². The van der Waals surface area contributed by atoms with Gasteiger partial charge in [0.05, 0.1) is 0 Å². The van der Waals surface area contributed by atoms with Crippen molar-refractivity contribution in [2.75, 3.05) is 5.32 Å². The Bertz CT molecular complexity index is 382. The number of rotatable bonds is 1. The van der Waals surface area contributed by atoms with E-state index in [2.05, 4.69) is 44.9 Å². The van der Waals surface area contributed by atoms with Crippen molar-refractivity contribution >= 4 is 5.82 Å². The van der Waals surface area contributed by atoms with Crippen LogP contribution in [0, 0.1) is 6.92 Å². The van der Waals surface area contributed by atoms with Crippen molar-refractivity contribution in [1.29, 1.82) is 0 Å². The molecule has 0 bridgehead atoms. The molecule has 0 amide bonds. The summed E-state index contributed by atoms with van der Waals surface area (Å²) in [6, 6.07) is 0.508. The zero-order valence-corrected chi connectivity index (χ0v) is 10.3. The second kappa shape index (κ2) is 3.51. The number of pyridine rings is 1. The zero-order valence-electron chi connectivity index (χ0n) is 10.3. The van der Waals surface area contributed by atoms with E-state index >= 15 is 0 Å². The van der Waals surface area contributed by atoms with Crippen LogP contribution in [0.25, 0.3) is 0 Å². The Balaban J connectivity index is 2.55. The molecule has 2 heterocycles. The van der Waals surface area contributed by atoms with Gasteiger partial charge in [0.2, 0.25) is 0 Å². The highest BCUT2D eigenvalue weighted by molar-refractivity contribution is 5.58. The number of nitrogens with one attached hydrogen (secondary N) is 1. The van der Waals surface area contributed by atoms with Crippen LogP contribution < -0.4 is 5.32 Å². The molecule has 1 aromatic rings. The van der Waals surface area contributed by atoms with Crippen LogP contribution in [0.5, 0.6) is 0 Å². The van der Waals surface area contributed by atoms with E-state index in [1.807, 2.05) is 6.20 Å². The quantitative estimate of drug-likeness (QED) is 0.758. The van der Waals surface area contributed by atoms with Gasteiger partial charge in [0, 0.05) is 23.7 Å². The molecule has 82 valence electrons. The fraction of sp³-hybridized carbons (Fsp3) is 0.615. The van der Waals surface area contributed by atoms with Gasteiger partial charge >= 0.3 is 0 Å². The highest BCUT2D eigenvalue weighted by atomic mass is 15.0. The van der Waals surface area contributed by atoms with Crippen LogP contribution in [-0.4, -0.2) is 11.0 Å². The summed E-state index contributed by atoms with van der Waals surface area (Å²) in [5.41, 5.74) is 4.24. The van der Waals surface area contributed by atoms with Crippen LogP contribution in [0.15, 0.2) is 6.20 Å². The molecule has 0 saturated heterocycles. The van der Waals surface area contributed by atoms with Crippen molar-refractivity contribution < 1.29 is 0 Å². The fourth-order valence-electron chi connectivity index (χ4n) is 2.48. The first kappa shape index (κ1) is 10.5. The summed E-state index contributed by atoms with van der Waals surface area (Å²) >= 11 is 0. The average Bonchev–Trinajstić information content (AvgIpc) is 2.43. The number of hydrogen-bond acceptors (Lipinski definition) is 2. The van der Waals surface area contributed by atoms with Gasteiger partial charge in [-0.05, 0) is 30.9 Å². The van der Waals surface area contributed by atoms with Gasteiger partial charge in [-0.25, -0.2) is 4.98 Å². The van der Waals surface area contributed by atoms with E-state index in [9.17, 15) is 0 Å². The lowest BCUT2D eigenvalue weighted by molar-refractivity contribution is 0.685.